The lowest BCUT2D eigenvalue weighted by Crippen LogP contribution is -2.10. The molecule has 1 atom stereocenters. The summed E-state index contributed by atoms with van der Waals surface area (Å²) in [5.41, 5.74) is 2.93. The minimum Gasteiger partial charge on any atom is -0.101 e. The lowest BCUT2D eigenvalue weighted by molar-refractivity contribution is 0.590. The highest BCUT2D eigenvalue weighted by Gasteiger charge is 2.51. The molecule has 1 aromatic carbocycles. The average molecular weight is 257 g/mol. The summed E-state index contributed by atoms with van der Waals surface area (Å²) in [4.78, 5) is 0. The fraction of sp³-hybridized carbons (Fsp3) is 0.571. The predicted molar refractivity (Wildman–Crippen MR) is 71.4 cm³/mol. The Labute approximate surface area is 108 Å². The monoisotopic (exact) mass is 256 g/mol. The third-order valence-electron chi connectivity index (χ3n) is 3.26. The van der Waals surface area contributed by atoms with Crippen LogP contribution in [0.15, 0.2) is 24.3 Å². The number of alkyl halides is 2. The molecule has 1 aliphatic rings. The zero-order valence-electron chi connectivity index (χ0n) is 10.1. The maximum atomic E-state index is 6.03. The van der Waals surface area contributed by atoms with Crippen LogP contribution in [-0.4, -0.2) is 4.33 Å². The quantitative estimate of drug-likeness (QED) is 0.672. The Bertz CT molecular complexity index is 371. The van der Waals surface area contributed by atoms with Crippen molar-refractivity contribution in [2.75, 3.05) is 0 Å². The van der Waals surface area contributed by atoms with E-state index >= 15 is 0 Å². The fourth-order valence-electron chi connectivity index (χ4n) is 1.92. The molecule has 16 heavy (non-hydrogen) atoms. The Hall–Kier alpha value is -0.200. The van der Waals surface area contributed by atoms with Gasteiger partial charge in [-0.3, -0.25) is 0 Å². The van der Waals surface area contributed by atoms with Crippen molar-refractivity contribution >= 4 is 23.2 Å². The van der Waals surface area contributed by atoms with E-state index in [9.17, 15) is 0 Å². The SMILES string of the molecule is CC(C)(C)c1ccc(CC2CC2(Cl)Cl)cc1. The van der Waals surface area contributed by atoms with Crippen LogP contribution in [0.4, 0.5) is 0 Å². The maximum absolute atomic E-state index is 6.03. The number of hydrogen-bond acceptors (Lipinski definition) is 0. The van der Waals surface area contributed by atoms with E-state index in [1.807, 2.05) is 0 Å². The van der Waals surface area contributed by atoms with Gasteiger partial charge in [-0.1, -0.05) is 45.0 Å². The molecule has 1 saturated carbocycles. The summed E-state index contributed by atoms with van der Waals surface area (Å²) >= 11 is 12.1. The Morgan fingerprint density at radius 3 is 2.06 bits per heavy atom. The van der Waals surface area contributed by atoms with Crippen molar-refractivity contribution in [3.8, 4) is 0 Å². The Morgan fingerprint density at radius 2 is 1.69 bits per heavy atom. The first-order valence-electron chi connectivity index (χ1n) is 5.76. The molecular formula is C14H18Cl2. The van der Waals surface area contributed by atoms with Crippen LogP contribution < -0.4 is 0 Å². The van der Waals surface area contributed by atoms with E-state index in [2.05, 4.69) is 45.0 Å². The number of benzene rings is 1. The second-order valence-electron chi connectivity index (χ2n) is 5.81. The van der Waals surface area contributed by atoms with Crippen molar-refractivity contribution in [3.63, 3.8) is 0 Å². The van der Waals surface area contributed by atoms with Gasteiger partial charge in [-0.2, -0.15) is 0 Å². The first-order chi connectivity index (χ1) is 7.29. The lowest BCUT2D eigenvalue weighted by atomic mass is 9.86. The fourth-order valence-corrected chi connectivity index (χ4v) is 2.44. The van der Waals surface area contributed by atoms with Crippen LogP contribution in [0.3, 0.4) is 0 Å². The molecular weight excluding hydrogens is 239 g/mol. The topological polar surface area (TPSA) is 0 Å². The zero-order valence-corrected chi connectivity index (χ0v) is 11.6. The molecule has 0 nitrogen and oxygen atoms in total. The summed E-state index contributed by atoms with van der Waals surface area (Å²) in [5.74, 6) is 0.441. The van der Waals surface area contributed by atoms with E-state index in [0.717, 1.165) is 12.8 Å². The Morgan fingerprint density at radius 1 is 1.19 bits per heavy atom. The average Bonchev–Trinajstić information content (AvgIpc) is 2.73. The summed E-state index contributed by atoms with van der Waals surface area (Å²) in [6.45, 7) is 6.68. The summed E-state index contributed by atoms with van der Waals surface area (Å²) < 4.78 is -0.456. The van der Waals surface area contributed by atoms with Gasteiger partial charge in [0.25, 0.3) is 0 Å². The summed E-state index contributed by atoms with van der Waals surface area (Å²) in [7, 11) is 0. The molecule has 0 radical (unpaired) electrons. The minimum absolute atomic E-state index is 0.223. The molecule has 1 aliphatic carbocycles. The molecule has 1 fully saturated rings. The second-order valence-corrected chi connectivity index (χ2v) is 7.36. The standard InChI is InChI=1S/C14H18Cl2/c1-13(2,3)11-6-4-10(5-7-11)8-12-9-14(12,15)16/h4-7,12H,8-9H2,1-3H3. The molecule has 88 valence electrons. The van der Waals surface area contributed by atoms with Gasteiger partial charge in [-0.15, -0.1) is 23.2 Å². The first kappa shape index (κ1) is 12.3. The van der Waals surface area contributed by atoms with E-state index < -0.39 is 4.33 Å². The number of rotatable bonds is 2. The van der Waals surface area contributed by atoms with E-state index in [4.69, 9.17) is 23.2 Å². The second kappa shape index (κ2) is 3.92. The molecule has 1 unspecified atom stereocenters. The first-order valence-corrected chi connectivity index (χ1v) is 6.52. The Kier molecular flexibility index (Phi) is 3.01. The largest absolute Gasteiger partial charge is 0.121 e. The highest BCUT2D eigenvalue weighted by atomic mass is 35.5. The Balaban J connectivity index is 2.03. The van der Waals surface area contributed by atoms with Crippen molar-refractivity contribution in [2.24, 2.45) is 5.92 Å². The van der Waals surface area contributed by atoms with Crippen LogP contribution in [0.1, 0.15) is 38.3 Å². The van der Waals surface area contributed by atoms with Crippen LogP contribution in [0.25, 0.3) is 0 Å². The molecule has 1 aromatic rings. The molecule has 0 amide bonds. The number of hydrogen-bond donors (Lipinski definition) is 0. The molecule has 2 heteroatoms. The van der Waals surface area contributed by atoms with Crippen LogP contribution in [0.5, 0.6) is 0 Å². The normalized spacial score (nSPS) is 23.2. The van der Waals surface area contributed by atoms with Gasteiger partial charge < -0.3 is 0 Å². The minimum atomic E-state index is -0.456. The van der Waals surface area contributed by atoms with Crippen molar-refractivity contribution < 1.29 is 0 Å². The van der Waals surface area contributed by atoms with Gasteiger partial charge in [0.2, 0.25) is 0 Å². The molecule has 0 spiro atoms. The van der Waals surface area contributed by atoms with Crippen molar-refractivity contribution in [1.29, 1.82) is 0 Å². The molecule has 0 saturated heterocycles. The van der Waals surface area contributed by atoms with Crippen LogP contribution in [0, 0.1) is 5.92 Å². The van der Waals surface area contributed by atoms with Gasteiger partial charge in [-0.25, -0.2) is 0 Å². The molecule has 0 bridgehead atoms. The third-order valence-corrected chi connectivity index (χ3v) is 4.18. The molecule has 2 rings (SSSR count). The zero-order chi connectivity index (χ0) is 12.0. The predicted octanol–water partition coefficient (Wildman–Crippen LogP) is 4.72. The van der Waals surface area contributed by atoms with E-state index in [1.54, 1.807) is 0 Å². The summed E-state index contributed by atoms with van der Waals surface area (Å²) in [6, 6.07) is 8.81. The number of halogens is 2. The van der Waals surface area contributed by atoms with Gasteiger partial charge in [-0.05, 0) is 35.3 Å². The van der Waals surface area contributed by atoms with E-state index in [-0.39, 0.29) is 5.41 Å². The maximum Gasteiger partial charge on any atom is 0.121 e. The molecule has 0 heterocycles. The third kappa shape index (κ3) is 2.73. The van der Waals surface area contributed by atoms with Crippen molar-refractivity contribution in [2.45, 2.75) is 43.4 Å². The van der Waals surface area contributed by atoms with Gasteiger partial charge in [0.15, 0.2) is 0 Å². The molecule has 0 aromatic heterocycles. The molecule has 0 N–H and O–H groups in total. The van der Waals surface area contributed by atoms with Crippen LogP contribution in [0.2, 0.25) is 0 Å². The van der Waals surface area contributed by atoms with Crippen LogP contribution in [-0.2, 0) is 11.8 Å². The smallest absolute Gasteiger partial charge is 0.101 e. The summed E-state index contributed by atoms with van der Waals surface area (Å²) in [6.07, 6.45) is 1.93. The van der Waals surface area contributed by atoms with E-state index in [1.165, 1.54) is 11.1 Å². The molecule has 0 aliphatic heterocycles. The highest BCUT2D eigenvalue weighted by molar-refractivity contribution is 6.50. The summed E-state index contributed by atoms with van der Waals surface area (Å²) in [5, 5.41) is 0. The van der Waals surface area contributed by atoms with Crippen molar-refractivity contribution in [1.82, 2.24) is 0 Å². The lowest BCUT2D eigenvalue weighted by Gasteiger charge is -2.19. The van der Waals surface area contributed by atoms with Gasteiger partial charge in [0.05, 0.1) is 0 Å². The van der Waals surface area contributed by atoms with E-state index in [0.29, 0.717) is 5.92 Å². The van der Waals surface area contributed by atoms with Crippen molar-refractivity contribution in [3.05, 3.63) is 35.4 Å². The highest BCUT2D eigenvalue weighted by Crippen LogP contribution is 2.54. The van der Waals surface area contributed by atoms with Crippen LogP contribution >= 0.6 is 23.2 Å². The van der Waals surface area contributed by atoms with Gasteiger partial charge >= 0.3 is 0 Å². The van der Waals surface area contributed by atoms with Gasteiger partial charge in [0.1, 0.15) is 4.33 Å². The van der Waals surface area contributed by atoms with Gasteiger partial charge in [0, 0.05) is 0 Å².